The van der Waals surface area contributed by atoms with Crippen molar-refractivity contribution in [3.05, 3.63) is 200 Å². The van der Waals surface area contributed by atoms with Gasteiger partial charge in [0.2, 0.25) is 0 Å². The third-order valence-electron chi connectivity index (χ3n) is 10.5. The minimum atomic E-state index is 0.623. The van der Waals surface area contributed by atoms with E-state index in [4.69, 9.17) is 15.0 Å². The van der Waals surface area contributed by atoms with Crippen LogP contribution in [-0.2, 0) is 0 Å². The summed E-state index contributed by atoms with van der Waals surface area (Å²) >= 11 is 0. The molecule has 1 aromatic heterocycles. The van der Waals surface area contributed by atoms with Crippen molar-refractivity contribution in [3.8, 4) is 73.6 Å². The maximum Gasteiger partial charge on any atom is 0.164 e. The van der Waals surface area contributed by atoms with Gasteiger partial charge in [-0.1, -0.05) is 170 Å². The Morgan fingerprint density at radius 2 is 0.768 bits per heavy atom. The molecule has 9 aromatic carbocycles. The average molecular weight is 713 g/mol. The number of aromatic nitrogens is 3. The topological polar surface area (TPSA) is 62.5 Å². The van der Waals surface area contributed by atoms with E-state index in [0.717, 1.165) is 60.8 Å². The second-order valence-corrected chi connectivity index (χ2v) is 14.0. The zero-order valence-electron chi connectivity index (χ0n) is 30.3. The first-order chi connectivity index (χ1) is 27.7. The predicted octanol–water partition coefficient (Wildman–Crippen LogP) is 13.2. The lowest BCUT2D eigenvalue weighted by molar-refractivity contribution is 1.07. The number of hydrogen-bond donors (Lipinski definition) is 0. The third-order valence-corrected chi connectivity index (χ3v) is 10.5. The van der Waals surface area contributed by atoms with Crippen LogP contribution in [0.15, 0.2) is 194 Å². The molecule has 0 fully saturated rings. The fourth-order valence-electron chi connectivity index (χ4n) is 7.75. The fraction of sp³-hybridized carbons (Fsp3) is 0. The van der Waals surface area contributed by atoms with E-state index in [2.05, 4.69) is 127 Å². The van der Waals surface area contributed by atoms with Crippen molar-refractivity contribution in [2.24, 2.45) is 0 Å². The minimum Gasteiger partial charge on any atom is -0.208 e. The van der Waals surface area contributed by atoms with Crippen LogP contribution in [0.5, 0.6) is 0 Å². The van der Waals surface area contributed by atoms with Gasteiger partial charge in [0.1, 0.15) is 0 Å². The summed E-state index contributed by atoms with van der Waals surface area (Å²) in [6.45, 7) is 0. The fourth-order valence-corrected chi connectivity index (χ4v) is 7.75. The van der Waals surface area contributed by atoms with Gasteiger partial charge in [0.05, 0.1) is 11.6 Å². The molecule has 56 heavy (non-hydrogen) atoms. The molecule has 0 atom stereocenters. The molecule has 0 bridgehead atoms. The van der Waals surface area contributed by atoms with E-state index in [9.17, 15) is 5.26 Å². The lowest BCUT2D eigenvalue weighted by atomic mass is 9.89. The smallest absolute Gasteiger partial charge is 0.164 e. The van der Waals surface area contributed by atoms with Crippen LogP contribution in [0.2, 0.25) is 0 Å². The Kier molecular flexibility index (Phi) is 8.17. The lowest BCUT2D eigenvalue weighted by Crippen LogP contribution is -2.00. The van der Waals surface area contributed by atoms with Gasteiger partial charge in [-0.05, 0) is 90.0 Å². The van der Waals surface area contributed by atoms with E-state index in [1.54, 1.807) is 0 Å². The molecule has 0 aliphatic rings. The molecule has 0 saturated heterocycles. The first-order valence-electron chi connectivity index (χ1n) is 18.7. The van der Waals surface area contributed by atoms with Crippen LogP contribution in [0.1, 0.15) is 5.56 Å². The Morgan fingerprint density at radius 1 is 0.304 bits per heavy atom. The van der Waals surface area contributed by atoms with Gasteiger partial charge in [-0.3, -0.25) is 0 Å². The van der Waals surface area contributed by atoms with Crippen LogP contribution in [0, 0.1) is 11.3 Å². The van der Waals surface area contributed by atoms with E-state index in [-0.39, 0.29) is 0 Å². The molecule has 10 aromatic rings. The molecule has 0 radical (unpaired) electrons. The summed E-state index contributed by atoms with van der Waals surface area (Å²) < 4.78 is 0. The number of rotatable bonds is 6. The van der Waals surface area contributed by atoms with Gasteiger partial charge in [-0.25, -0.2) is 15.0 Å². The highest BCUT2D eigenvalue weighted by Crippen LogP contribution is 2.39. The normalized spacial score (nSPS) is 11.2. The standard InChI is InChI=1S/C52H32N4/c53-33-34-29-42(40-25-26-46-41(31-40)24-21-35-11-7-8-16-44(35)46)32-43(30-34)47-28-27-45(48-17-9-10-18-49(47)48)36-19-22-39(23-20-36)52-55-50(37-12-3-1-4-13-37)54-51(56-52)38-14-5-2-6-15-38/h1-32H. The Morgan fingerprint density at radius 3 is 1.39 bits per heavy atom. The molecule has 0 aliphatic carbocycles. The third kappa shape index (κ3) is 6.04. The van der Waals surface area contributed by atoms with Gasteiger partial charge in [0.25, 0.3) is 0 Å². The first-order valence-corrected chi connectivity index (χ1v) is 18.7. The second kappa shape index (κ2) is 13.9. The summed E-state index contributed by atoms with van der Waals surface area (Å²) in [5.41, 5.74) is 9.82. The molecular weight excluding hydrogens is 681 g/mol. The predicted molar refractivity (Wildman–Crippen MR) is 230 cm³/mol. The van der Waals surface area contributed by atoms with Crippen LogP contribution in [0.4, 0.5) is 0 Å². The first kappa shape index (κ1) is 32.9. The Balaban J connectivity index is 1.03. The second-order valence-electron chi connectivity index (χ2n) is 14.0. The van der Waals surface area contributed by atoms with Crippen LogP contribution >= 0.6 is 0 Å². The van der Waals surface area contributed by atoms with Crippen molar-refractivity contribution in [3.63, 3.8) is 0 Å². The van der Waals surface area contributed by atoms with E-state index in [1.165, 1.54) is 21.5 Å². The molecule has 0 N–H and O–H groups in total. The zero-order valence-corrected chi connectivity index (χ0v) is 30.3. The van der Waals surface area contributed by atoms with Gasteiger partial charge in [0, 0.05) is 16.7 Å². The zero-order chi connectivity index (χ0) is 37.4. The molecule has 0 amide bonds. The van der Waals surface area contributed by atoms with Gasteiger partial charge < -0.3 is 0 Å². The van der Waals surface area contributed by atoms with Crippen LogP contribution in [0.3, 0.4) is 0 Å². The Hall–Kier alpha value is -7.74. The molecule has 10 rings (SSSR count). The quantitative estimate of drug-likeness (QED) is 0.161. The molecule has 4 nitrogen and oxygen atoms in total. The monoisotopic (exact) mass is 712 g/mol. The van der Waals surface area contributed by atoms with Crippen molar-refractivity contribution < 1.29 is 0 Å². The molecule has 0 aliphatic heterocycles. The summed E-state index contributed by atoms with van der Waals surface area (Å²) in [5.74, 6) is 1.90. The van der Waals surface area contributed by atoms with Crippen LogP contribution in [-0.4, -0.2) is 15.0 Å². The molecule has 260 valence electrons. The number of fused-ring (bicyclic) bond motifs is 4. The molecule has 0 spiro atoms. The van der Waals surface area contributed by atoms with E-state index in [1.807, 2.05) is 72.8 Å². The number of nitriles is 1. The van der Waals surface area contributed by atoms with Crippen molar-refractivity contribution in [1.29, 1.82) is 5.26 Å². The van der Waals surface area contributed by atoms with E-state index >= 15 is 0 Å². The average Bonchev–Trinajstić information content (AvgIpc) is 3.28. The largest absolute Gasteiger partial charge is 0.208 e. The summed E-state index contributed by atoms with van der Waals surface area (Å²) in [6, 6.07) is 69.5. The molecule has 0 unspecified atom stereocenters. The summed E-state index contributed by atoms with van der Waals surface area (Å²) in [7, 11) is 0. The van der Waals surface area contributed by atoms with Crippen molar-refractivity contribution in [2.75, 3.05) is 0 Å². The van der Waals surface area contributed by atoms with Gasteiger partial charge in [-0.15, -0.1) is 0 Å². The highest BCUT2D eigenvalue weighted by atomic mass is 15.0. The molecule has 4 heteroatoms. The molecule has 1 heterocycles. The summed E-state index contributed by atoms with van der Waals surface area (Å²) in [4.78, 5) is 14.7. The Labute approximate surface area is 324 Å². The lowest BCUT2D eigenvalue weighted by Gasteiger charge is -2.14. The van der Waals surface area contributed by atoms with Crippen molar-refractivity contribution in [1.82, 2.24) is 15.0 Å². The van der Waals surface area contributed by atoms with Gasteiger partial charge in [0.15, 0.2) is 17.5 Å². The maximum absolute atomic E-state index is 10.2. The Bertz CT molecular complexity index is 3070. The maximum atomic E-state index is 10.2. The SMILES string of the molecule is N#Cc1cc(-c2ccc3c(ccc4ccccc43)c2)cc(-c2ccc(-c3ccc(-c4nc(-c5ccccc5)nc(-c5ccccc5)n4)cc3)c3ccccc23)c1. The van der Waals surface area contributed by atoms with E-state index < -0.39 is 0 Å². The van der Waals surface area contributed by atoms with Crippen molar-refractivity contribution >= 4 is 32.3 Å². The highest BCUT2D eigenvalue weighted by Gasteiger charge is 2.15. The number of benzene rings is 9. The van der Waals surface area contributed by atoms with Crippen LogP contribution < -0.4 is 0 Å². The highest BCUT2D eigenvalue weighted by molar-refractivity contribution is 6.09. The van der Waals surface area contributed by atoms with Gasteiger partial charge >= 0.3 is 0 Å². The minimum absolute atomic E-state index is 0.623. The van der Waals surface area contributed by atoms with E-state index in [0.29, 0.717) is 23.0 Å². The summed E-state index contributed by atoms with van der Waals surface area (Å²) in [5, 5.41) is 17.3. The number of hydrogen-bond acceptors (Lipinski definition) is 4. The van der Waals surface area contributed by atoms with Crippen molar-refractivity contribution in [2.45, 2.75) is 0 Å². The molecular formula is C52H32N4. The van der Waals surface area contributed by atoms with Gasteiger partial charge in [-0.2, -0.15) is 5.26 Å². The van der Waals surface area contributed by atoms with Crippen LogP contribution in [0.25, 0.3) is 99.9 Å². The molecule has 0 saturated carbocycles. The summed E-state index contributed by atoms with van der Waals surface area (Å²) in [6.07, 6.45) is 0. The number of nitrogens with zero attached hydrogens (tertiary/aromatic N) is 4.